The number of ether oxygens (including phenoxy) is 2. The standard InChI is InChI=1S/C20H25N3O6/c1-4-11-23-18(21)17(19(26)22(2)20(23)27)15(24)12-29-16(25)10-7-13-5-8-14(28-3)9-6-13/h5-6,8-9H,4,7,10-12,21H2,1-3H3. The molecular formula is C20H25N3O6. The lowest BCUT2D eigenvalue weighted by Gasteiger charge is -2.13. The zero-order valence-corrected chi connectivity index (χ0v) is 16.8. The lowest BCUT2D eigenvalue weighted by molar-refractivity contribution is -0.142. The summed E-state index contributed by atoms with van der Waals surface area (Å²) in [4.78, 5) is 48.9. The molecule has 0 aliphatic heterocycles. The molecule has 1 aromatic heterocycles. The van der Waals surface area contributed by atoms with Crippen LogP contribution >= 0.6 is 0 Å². The lowest BCUT2D eigenvalue weighted by Crippen LogP contribution is -2.43. The second-order valence-corrected chi connectivity index (χ2v) is 6.49. The Labute approximate surface area is 167 Å². The number of nitrogen functional groups attached to an aromatic ring is 1. The van der Waals surface area contributed by atoms with E-state index in [2.05, 4.69) is 0 Å². The number of ketones is 1. The minimum Gasteiger partial charge on any atom is -0.497 e. The second-order valence-electron chi connectivity index (χ2n) is 6.49. The van der Waals surface area contributed by atoms with Gasteiger partial charge in [-0.25, -0.2) is 4.79 Å². The zero-order valence-electron chi connectivity index (χ0n) is 16.8. The molecule has 156 valence electrons. The van der Waals surface area contributed by atoms with Crippen molar-refractivity contribution in [2.75, 3.05) is 19.5 Å². The van der Waals surface area contributed by atoms with Crippen LogP contribution in [0, 0.1) is 0 Å². The summed E-state index contributed by atoms with van der Waals surface area (Å²) < 4.78 is 12.1. The molecule has 0 aliphatic carbocycles. The number of carbonyl (C=O) groups excluding carboxylic acids is 2. The molecule has 1 heterocycles. The van der Waals surface area contributed by atoms with Crippen molar-refractivity contribution in [3.63, 3.8) is 0 Å². The Bertz CT molecular complexity index is 1000. The number of aryl methyl sites for hydroxylation is 1. The topological polar surface area (TPSA) is 123 Å². The Balaban J connectivity index is 2.03. The van der Waals surface area contributed by atoms with Crippen LogP contribution in [0.4, 0.5) is 5.82 Å². The first kappa shape index (κ1) is 21.9. The number of benzene rings is 1. The van der Waals surface area contributed by atoms with Crippen LogP contribution in [0.3, 0.4) is 0 Å². The van der Waals surface area contributed by atoms with Crippen LogP contribution in [0.25, 0.3) is 0 Å². The molecule has 2 rings (SSSR count). The van der Waals surface area contributed by atoms with Gasteiger partial charge in [0.05, 0.1) is 7.11 Å². The number of carbonyl (C=O) groups is 2. The van der Waals surface area contributed by atoms with E-state index >= 15 is 0 Å². The van der Waals surface area contributed by atoms with Gasteiger partial charge in [0.25, 0.3) is 5.56 Å². The fraction of sp³-hybridized carbons (Fsp3) is 0.400. The highest BCUT2D eigenvalue weighted by Crippen LogP contribution is 2.13. The minimum absolute atomic E-state index is 0.0719. The number of anilines is 1. The van der Waals surface area contributed by atoms with Crippen LogP contribution in [0.15, 0.2) is 33.9 Å². The highest BCUT2D eigenvalue weighted by molar-refractivity contribution is 6.01. The van der Waals surface area contributed by atoms with Crippen molar-refractivity contribution in [2.45, 2.75) is 32.7 Å². The molecule has 0 atom stereocenters. The maximum Gasteiger partial charge on any atom is 0.332 e. The third kappa shape index (κ3) is 5.13. The van der Waals surface area contributed by atoms with Crippen LogP contribution in [0.5, 0.6) is 5.75 Å². The summed E-state index contributed by atoms with van der Waals surface area (Å²) in [6, 6.07) is 7.24. The van der Waals surface area contributed by atoms with E-state index < -0.39 is 29.6 Å². The quantitative estimate of drug-likeness (QED) is 0.487. The van der Waals surface area contributed by atoms with Crippen molar-refractivity contribution in [1.29, 1.82) is 0 Å². The molecule has 0 unspecified atom stereocenters. The largest absolute Gasteiger partial charge is 0.497 e. The zero-order chi connectivity index (χ0) is 21.6. The van der Waals surface area contributed by atoms with Crippen molar-refractivity contribution < 1.29 is 19.1 Å². The van der Waals surface area contributed by atoms with Gasteiger partial charge < -0.3 is 15.2 Å². The Hall–Kier alpha value is -3.36. The van der Waals surface area contributed by atoms with E-state index in [9.17, 15) is 19.2 Å². The van der Waals surface area contributed by atoms with E-state index in [1.54, 1.807) is 19.2 Å². The highest BCUT2D eigenvalue weighted by atomic mass is 16.5. The Morgan fingerprint density at radius 2 is 1.79 bits per heavy atom. The first-order valence-electron chi connectivity index (χ1n) is 9.21. The number of Topliss-reactive ketones (excluding diaryl/α,β-unsaturated/α-hetero) is 1. The van der Waals surface area contributed by atoms with E-state index in [4.69, 9.17) is 15.2 Å². The summed E-state index contributed by atoms with van der Waals surface area (Å²) >= 11 is 0. The summed E-state index contributed by atoms with van der Waals surface area (Å²) in [7, 11) is 2.84. The van der Waals surface area contributed by atoms with Gasteiger partial charge in [-0.3, -0.25) is 23.5 Å². The third-order valence-corrected chi connectivity index (χ3v) is 4.45. The fourth-order valence-electron chi connectivity index (χ4n) is 2.81. The maximum atomic E-state index is 12.5. The monoisotopic (exact) mass is 403 g/mol. The van der Waals surface area contributed by atoms with E-state index in [1.165, 1.54) is 11.6 Å². The van der Waals surface area contributed by atoms with E-state index in [1.807, 2.05) is 19.1 Å². The predicted molar refractivity (Wildman–Crippen MR) is 107 cm³/mol. The van der Waals surface area contributed by atoms with Gasteiger partial charge in [0.15, 0.2) is 6.61 Å². The Morgan fingerprint density at radius 1 is 1.14 bits per heavy atom. The minimum atomic E-state index is -0.806. The summed E-state index contributed by atoms with van der Waals surface area (Å²) in [5.74, 6) is -0.818. The first-order chi connectivity index (χ1) is 13.8. The summed E-state index contributed by atoms with van der Waals surface area (Å²) in [5, 5.41) is 0. The van der Waals surface area contributed by atoms with Crippen molar-refractivity contribution >= 4 is 17.6 Å². The molecular weight excluding hydrogens is 378 g/mol. The number of hydrogen-bond donors (Lipinski definition) is 1. The molecule has 2 N–H and O–H groups in total. The Kier molecular flexibility index (Phi) is 7.35. The Morgan fingerprint density at radius 3 is 2.38 bits per heavy atom. The summed E-state index contributed by atoms with van der Waals surface area (Å²) in [6.07, 6.45) is 1.10. The van der Waals surface area contributed by atoms with E-state index in [0.717, 1.165) is 10.1 Å². The lowest BCUT2D eigenvalue weighted by atomic mass is 10.1. The van der Waals surface area contributed by atoms with Crippen molar-refractivity contribution in [2.24, 2.45) is 7.05 Å². The molecule has 2 aromatic rings. The van der Waals surface area contributed by atoms with Crippen LogP contribution in [0.1, 0.15) is 35.7 Å². The molecule has 0 fully saturated rings. The molecule has 1 aromatic carbocycles. The van der Waals surface area contributed by atoms with Gasteiger partial charge in [-0.1, -0.05) is 19.1 Å². The molecule has 0 aliphatic rings. The first-order valence-corrected chi connectivity index (χ1v) is 9.21. The molecule has 0 saturated heterocycles. The van der Waals surface area contributed by atoms with Crippen molar-refractivity contribution in [1.82, 2.24) is 9.13 Å². The SMILES string of the molecule is CCCn1c(N)c(C(=O)COC(=O)CCc2ccc(OC)cc2)c(=O)n(C)c1=O. The van der Waals surface area contributed by atoms with E-state index in [-0.39, 0.29) is 24.3 Å². The number of rotatable bonds is 9. The van der Waals surface area contributed by atoms with Crippen LogP contribution in [-0.4, -0.2) is 34.6 Å². The normalized spacial score (nSPS) is 10.6. The van der Waals surface area contributed by atoms with Crippen molar-refractivity contribution in [3.05, 3.63) is 56.2 Å². The number of nitrogens with zero attached hydrogens (tertiary/aromatic N) is 2. The average Bonchev–Trinajstić information content (AvgIpc) is 2.72. The molecule has 29 heavy (non-hydrogen) atoms. The predicted octanol–water partition coefficient (Wildman–Crippen LogP) is 0.907. The smallest absolute Gasteiger partial charge is 0.332 e. The van der Waals surface area contributed by atoms with Crippen LogP contribution in [-0.2, 0) is 29.5 Å². The molecule has 0 bridgehead atoms. The van der Waals surface area contributed by atoms with Gasteiger partial charge in [-0.2, -0.15) is 0 Å². The maximum absolute atomic E-state index is 12.5. The van der Waals surface area contributed by atoms with Crippen molar-refractivity contribution in [3.8, 4) is 5.75 Å². The molecule has 0 amide bonds. The molecule has 0 radical (unpaired) electrons. The molecule has 0 spiro atoms. The van der Waals surface area contributed by atoms with Gasteiger partial charge in [0.1, 0.15) is 17.1 Å². The number of methoxy groups -OCH3 is 1. The summed E-state index contributed by atoms with van der Waals surface area (Å²) in [6.45, 7) is 1.48. The van der Waals surface area contributed by atoms with Gasteiger partial charge in [0.2, 0.25) is 5.78 Å². The van der Waals surface area contributed by atoms with Gasteiger partial charge in [0, 0.05) is 20.0 Å². The second kappa shape index (κ2) is 9.72. The number of esters is 1. The molecule has 9 nitrogen and oxygen atoms in total. The number of hydrogen-bond acceptors (Lipinski definition) is 7. The molecule has 9 heteroatoms. The number of nitrogens with two attached hydrogens (primary N) is 1. The van der Waals surface area contributed by atoms with Crippen LogP contribution < -0.4 is 21.7 Å². The van der Waals surface area contributed by atoms with Crippen LogP contribution in [0.2, 0.25) is 0 Å². The third-order valence-electron chi connectivity index (χ3n) is 4.45. The molecule has 0 saturated carbocycles. The summed E-state index contributed by atoms with van der Waals surface area (Å²) in [5.41, 5.74) is 5.05. The van der Waals surface area contributed by atoms with E-state index in [0.29, 0.717) is 18.6 Å². The average molecular weight is 403 g/mol. The van der Waals surface area contributed by atoms with Gasteiger partial charge in [-0.15, -0.1) is 0 Å². The van der Waals surface area contributed by atoms with Gasteiger partial charge in [-0.05, 0) is 30.5 Å². The highest BCUT2D eigenvalue weighted by Gasteiger charge is 2.22. The van der Waals surface area contributed by atoms with Gasteiger partial charge >= 0.3 is 11.7 Å². The fourth-order valence-corrected chi connectivity index (χ4v) is 2.81. The number of aromatic nitrogens is 2.